The molecule has 1 amide bonds. The second kappa shape index (κ2) is 9.87. The Morgan fingerprint density at radius 2 is 1.85 bits per heavy atom. The third kappa shape index (κ3) is 6.11. The Morgan fingerprint density at radius 3 is 2.42 bits per heavy atom. The zero-order valence-corrected chi connectivity index (χ0v) is 16.1. The van der Waals surface area contributed by atoms with Gasteiger partial charge in [-0.2, -0.15) is 0 Å². The summed E-state index contributed by atoms with van der Waals surface area (Å²) in [5.41, 5.74) is 1.47. The summed E-state index contributed by atoms with van der Waals surface area (Å²) in [5, 5.41) is 3.23. The Balaban J connectivity index is 1.98. The van der Waals surface area contributed by atoms with Crippen LogP contribution in [0.1, 0.15) is 36.3 Å². The zero-order chi connectivity index (χ0) is 18.9. The smallest absolute Gasteiger partial charge is 0.274 e. The van der Waals surface area contributed by atoms with Crippen LogP contribution < -0.4 is 5.32 Å². The van der Waals surface area contributed by atoms with E-state index >= 15 is 0 Å². The normalized spacial score (nSPS) is 11.0. The minimum Gasteiger partial charge on any atom is -0.369 e. The highest BCUT2D eigenvalue weighted by Gasteiger charge is 2.20. The van der Waals surface area contributed by atoms with Crippen LogP contribution in [0.4, 0.5) is 5.82 Å². The molecule has 2 aromatic rings. The molecule has 0 unspecified atom stereocenters. The first-order valence-corrected chi connectivity index (χ1v) is 9.03. The minimum absolute atomic E-state index is 0.0772. The Hall–Kier alpha value is -2.47. The maximum atomic E-state index is 12.8. The minimum atomic E-state index is -0.101. The quantitative estimate of drug-likeness (QED) is 0.701. The first kappa shape index (κ1) is 19.8. The molecule has 1 aromatic carbocycles. The fraction of sp³-hybridized carbons (Fsp3) is 0.450. The third-order valence-electron chi connectivity index (χ3n) is 4.04. The van der Waals surface area contributed by atoms with Crippen LogP contribution in [0.3, 0.4) is 0 Å². The predicted molar refractivity (Wildman–Crippen MR) is 105 cm³/mol. The molecule has 0 bridgehead atoms. The van der Waals surface area contributed by atoms with Gasteiger partial charge in [-0.25, -0.2) is 9.97 Å². The van der Waals surface area contributed by atoms with Crippen LogP contribution in [0.25, 0.3) is 0 Å². The van der Waals surface area contributed by atoms with Crippen LogP contribution in [0.5, 0.6) is 0 Å². The van der Waals surface area contributed by atoms with E-state index in [-0.39, 0.29) is 11.9 Å². The van der Waals surface area contributed by atoms with E-state index in [0.29, 0.717) is 18.1 Å². The maximum Gasteiger partial charge on any atom is 0.274 e. The van der Waals surface area contributed by atoms with Crippen LogP contribution in [-0.4, -0.2) is 58.9 Å². The monoisotopic (exact) mass is 355 g/mol. The summed E-state index contributed by atoms with van der Waals surface area (Å²) in [4.78, 5) is 25.4. The van der Waals surface area contributed by atoms with Crippen molar-refractivity contribution in [1.29, 1.82) is 0 Å². The van der Waals surface area contributed by atoms with Crippen molar-refractivity contribution in [2.24, 2.45) is 0 Å². The van der Waals surface area contributed by atoms with Gasteiger partial charge in [-0.15, -0.1) is 0 Å². The first-order chi connectivity index (χ1) is 12.5. The van der Waals surface area contributed by atoms with Gasteiger partial charge < -0.3 is 15.1 Å². The molecule has 0 aliphatic rings. The van der Waals surface area contributed by atoms with Gasteiger partial charge in [0.2, 0.25) is 0 Å². The first-order valence-electron chi connectivity index (χ1n) is 9.03. The maximum absolute atomic E-state index is 12.8. The topological polar surface area (TPSA) is 61.4 Å². The lowest BCUT2D eigenvalue weighted by molar-refractivity contribution is 0.0684. The number of benzene rings is 1. The van der Waals surface area contributed by atoms with Gasteiger partial charge in [-0.05, 0) is 46.5 Å². The molecule has 0 saturated heterocycles. The molecule has 6 nitrogen and oxygen atoms in total. The summed E-state index contributed by atoms with van der Waals surface area (Å²) in [6.45, 7) is 6.42. The van der Waals surface area contributed by atoms with Gasteiger partial charge in [0, 0.05) is 19.1 Å². The van der Waals surface area contributed by atoms with Crippen molar-refractivity contribution in [1.82, 2.24) is 19.8 Å². The van der Waals surface area contributed by atoms with Crippen molar-refractivity contribution >= 4 is 11.7 Å². The number of hydrogen-bond acceptors (Lipinski definition) is 5. The Bertz CT molecular complexity index is 670. The van der Waals surface area contributed by atoms with Crippen LogP contribution in [-0.2, 0) is 6.54 Å². The Morgan fingerprint density at radius 1 is 1.12 bits per heavy atom. The van der Waals surface area contributed by atoms with Crippen LogP contribution >= 0.6 is 0 Å². The van der Waals surface area contributed by atoms with E-state index in [9.17, 15) is 4.79 Å². The number of aromatic nitrogens is 2. The molecule has 26 heavy (non-hydrogen) atoms. The molecular formula is C20H29N5O. The van der Waals surface area contributed by atoms with Crippen molar-refractivity contribution in [3.8, 4) is 0 Å². The summed E-state index contributed by atoms with van der Waals surface area (Å²) in [6.07, 6.45) is 4.20. The van der Waals surface area contributed by atoms with Crippen molar-refractivity contribution in [3.05, 3.63) is 54.0 Å². The van der Waals surface area contributed by atoms with Gasteiger partial charge in [-0.1, -0.05) is 30.3 Å². The highest BCUT2D eigenvalue weighted by atomic mass is 16.2. The van der Waals surface area contributed by atoms with Crippen molar-refractivity contribution in [3.63, 3.8) is 0 Å². The van der Waals surface area contributed by atoms with E-state index in [1.54, 1.807) is 12.4 Å². The second-order valence-corrected chi connectivity index (χ2v) is 6.88. The van der Waals surface area contributed by atoms with Crippen molar-refractivity contribution in [2.45, 2.75) is 32.9 Å². The Kier molecular flexibility index (Phi) is 7.53. The fourth-order valence-electron chi connectivity index (χ4n) is 2.56. The molecule has 0 atom stereocenters. The fourth-order valence-corrected chi connectivity index (χ4v) is 2.56. The van der Waals surface area contributed by atoms with Gasteiger partial charge >= 0.3 is 0 Å². The molecule has 1 aromatic heterocycles. The molecule has 2 rings (SSSR count). The van der Waals surface area contributed by atoms with E-state index in [2.05, 4.69) is 34.3 Å². The molecule has 0 aliphatic carbocycles. The lowest BCUT2D eigenvalue weighted by atomic mass is 10.2. The number of hydrogen-bond donors (Lipinski definition) is 1. The average Bonchev–Trinajstić information content (AvgIpc) is 2.64. The molecule has 0 saturated carbocycles. The molecule has 0 spiro atoms. The summed E-state index contributed by atoms with van der Waals surface area (Å²) in [6, 6.07) is 10.1. The van der Waals surface area contributed by atoms with E-state index in [0.717, 1.165) is 25.1 Å². The molecular weight excluding hydrogens is 326 g/mol. The summed E-state index contributed by atoms with van der Waals surface area (Å²) >= 11 is 0. The number of nitrogens with one attached hydrogen (secondary N) is 1. The average molecular weight is 355 g/mol. The largest absolute Gasteiger partial charge is 0.369 e. The summed E-state index contributed by atoms with van der Waals surface area (Å²) in [5.74, 6) is 0.593. The van der Waals surface area contributed by atoms with Crippen LogP contribution in [0, 0.1) is 0 Å². The number of carbonyl (C=O) groups excluding carboxylic acids is 1. The third-order valence-corrected chi connectivity index (χ3v) is 4.04. The predicted octanol–water partition coefficient (Wildman–Crippen LogP) is 2.89. The van der Waals surface area contributed by atoms with E-state index in [4.69, 9.17) is 0 Å². The molecule has 0 radical (unpaired) electrons. The van der Waals surface area contributed by atoms with Crippen molar-refractivity contribution in [2.75, 3.05) is 32.5 Å². The SMILES string of the molecule is CC(C)N(Cc1ccccc1)C(=O)c1cnc(NCCCN(C)C)cn1. The van der Waals surface area contributed by atoms with Gasteiger partial charge in [0.1, 0.15) is 11.5 Å². The number of anilines is 1. The standard InChI is InChI=1S/C20H29N5O/c1-16(2)25(15-17-9-6-5-7-10-17)20(26)18-13-23-19(14-22-18)21-11-8-12-24(3)4/h5-7,9-10,13-14,16H,8,11-12,15H2,1-4H3,(H,21,23). The molecule has 1 N–H and O–H groups in total. The Labute approximate surface area is 156 Å². The van der Waals surface area contributed by atoms with Gasteiger partial charge in [0.25, 0.3) is 5.91 Å². The van der Waals surface area contributed by atoms with Gasteiger partial charge in [0.05, 0.1) is 12.4 Å². The molecule has 0 fully saturated rings. The molecule has 6 heteroatoms. The van der Waals surface area contributed by atoms with E-state index in [1.807, 2.05) is 49.1 Å². The van der Waals surface area contributed by atoms with E-state index < -0.39 is 0 Å². The molecule has 140 valence electrons. The number of rotatable bonds is 9. The number of nitrogens with zero attached hydrogens (tertiary/aromatic N) is 4. The van der Waals surface area contributed by atoms with E-state index in [1.165, 1.54) is 0 Å². The number of carbonyl (C=O) groups is 1. The van der Waals surface area contributed by atoms with Gasteiger partial charge in [-0.3, -0.25) is 4.79 Å². The highest BCUT2D eigenvalue weighted by molar-refractivity contribution is 5.92. The molecule has 0 aliphatic heterocycles. The molecule has 1 heterocycles. The number of amides is 1. The second-order valence-electron chi connectivity index (χ2n) is 6.88. The lowest BCUT2D eigenvalue weighted by Gasteiger charge is -2.26. The lowest BCUT2D eigenvalue weighted by Crippen LogP contribution is -2.37. The van der Waals surface area contributed by atoms with Crippen LogP contribution in [0.2, 0.25) is 0 Å². The summed E-state index contributed by atoms with van der Waals surface area (Å²) in [7, 11) is 4.10. The zero-order valence-electron chi connectivity index (χ0n) is 16.1. The van der Waals surface area contributed by atoms with Gasteiger partial charge in [0.15, 0.2) is 0 Å². The van der Waals surface area contributed by atoms with Crippen molar-refractivity contribution < 1.29 is 4.79 Å². The summed E-state index contributed by atoms with van der Waals surface area (Å²) < 4.78 is 0. The van der Waals surface area contributed by atoms with Crippen LogP contribution in [0.15, 0.2) is 42.7 Å². The highest BCUT2D eigenvalue weighted by Crippen LogP contribution is 2.12.